The van der Waals surface area contributed by atoms with Crippen LogP contribution in [0.3, 0.4) is 0 Å². The second-order valence-corrected chi connectivity index (χ2v) is 5.81. The van der Waals surface area contributed by atoms with Gasteiger partial charge in [-0.1, -0.05) is 0 Å². The summed E-state index contributed by atoms with van der Waals surface area (Å²) in [4.78, 5) is 18.4. The molecule has 5 nitrogen and oxygen atoms in total. The molecule has 0 bridgehead atoms. The van der Waals surface area contributed by atoms with Crippen molar-refractivity contribution in [3.8, 4) is 0 Å². The van der Waals surface area contributed by atoms with Gasteiger partial charge >= 0.3 is 6.03 Å². The van der Waals surface area contributed by atoms with Crippen molar-refractivity contribution in [1.82, 2.24) is 9.88 Å². The third kappa shape index (κ3) is 4.52. The standard InChI is InChI=1S/C18H20FN3O2/c19-15-3-5-16(6-4-15)21-18(23)22(13-17-2-1-11-24-17)12-14-7-9-20-10-8-14/h3-10,17H,1-2,11-13H2,(H,21,23)/t17-/m0/s1. The van der Waals surface area contributed by atoms with E-state index in [0.717, 1.165) is 25.0 Å². The van der Waals surface area contributed by atoms with Gasteiger partial charge in [0.1, 0.15) is 5.82 Å². The first-order valence-corrected chi connectivity index (χ1v) is 8.03. The minimum Gasteiger partial charge on any atom is -0.376 e. The Labute approximate surface area is 140 Å². The molecule has 0 radical (unpaired) electrons. The van der Waals surface area contributed by atoms with Crippen molar-refractivity contribution in [2.45, 2.75) is 25.5 Å². The molecule has 1 saturated heterocycles. The van der Waals surface area contributed by atoms with Crippen molar-refractivity contribution in [2.24, 2.45) is 0 Å². The fourth-order valence-corrected chi connectivity index (χ4v) is 2.70. The molecule has 3 rings (SSSR count). The summed E-state index contributed by atoms with van der Waals surface area (Å²) in [6.45, 7) is 1.73. The monoisotopic (exact) mass is 329 g/mol. The van der Waals surface area contributed by atoms with Gasteiger partial charge in [0, 0.05) is 37.8 Å². The van der Waals surface area contributed by atoms with Gasteiger partial charge in [-0.15, -0.1) is 0 Å². The number of rotatable bonds is 5. The Balaban J connectivity index is 1.69. The number of anilines is 1. The van der Waals surface area contributed by atoms with Crippen molar-refractivity contribution >= 4 is 11.7 Å². The molecule has 6 heteroatoms. The Bertz CT molecular complexity index is 658. The largest absolute Gasteiger partial charge is 0.376 e. The number of hydrogen-bond donors (Lipinski definition) is 1. The number of nitrogens with one attached hydrogen (secondary N) is 1. The fourth-order valence-electron chi connectivity index (χ4n) is 2.70. The first-order chi connectivity index (χ1) is 11.7. The number of carbonyl (C=O) groups excluding carboxylic acids is 1. The van der Waals surface area contributed by atoms with Gasteiger partial charge in [0.2, 0.25) is 0 Å². The molecule has 126 valence electrons. The number of aromatic nitrogens is 1. The number of halogens is 1. The number of nitrogens with zero attached hydrogens (tertiary/aromatic N) is 2. The highest BCUT2D eigenvalue weighted by molar-refractivity contribution is 5.89. The quantitative estimate of drug-likeness (QED) is 0.914. The Morgan fingerprint density at radius 3 is 2.67 bits per heavy atom. The van der Waals surface area contributed by atoms with Gasteiger partial charge in [0.15, 0.2) is 0 Å². The summed E-state index contributed by atoms with van der Waals surface area (Å²) < 4.78 is 18.6. The van der Waals surface area contributed by atoms with Crippen LogP contribution in [0.5, 0.6) is 0 Å². The zero-order valence-corrected chi connectivity index (χ0v) is 13.3. The lowest BCUT2D eigenvalue weighted by molar-refractivity contribution is 0.0819. The number of urea groups is 1. The molecular formula is C18H20FN3O2. The molecule has 2 heterocycles. The van der Waals surface area contributed by atoms with Gasteiger partial charge in [0.05, 0.1) is 6.10 Å². The number of hydrogen-bond acceptors (Lipinski definition) is 3. The highest BCUT2D eigenvalue weighted by atomic mass is 19.1. The average molecular weight is 329 g/mol. The van der Waals surface area contributed by atoms with E-state index in [4.69, 9.17) is 4.74 Å². The molecular weight excluding hydrogens is 309 g/mol. The van der Waals surface area contributed by atoms with Crippen molar-refractivity contribution in [1.29, 1.82) is 0 Å². The van der Waals surface area contributed by atoms with Crippen LogP contribution in [0.2, 0.25) is 0 Å². The predicted octanol–water partition coefficient (Wildman–Crippen LogP) is 3.43. The van der Waals surface area contributed by atoms with Gasteiger partial charge in [-0.05, 0) is 54.8 Å². The van der Waals surface area contributed by atoms with E-state index < -0.39 is 0 Å². The molecule has 0 unspecified atom stereocenters. The maximum absolute atomic E-state index is 13.0. The molecule has 0 aliphatic carbocycles. The molecule has 2 amide bonds. The lowest BCUT2D eigenvalue weighted by Crippen LogP contribution is -2.39. The normalized spacial score (nSPS) is 16.8. The van der Waals surface area contributed by atoms with E-state index in [1.807, 2.05) is 12.1 Å². The Kier molecular flexibility index (Phi) is 5.38. The molecule has 1 aromatic heterocycles. The fraction of sp³-hybridized carbons (Fsp3) is 0.333. The highest BCUT2D eigenvalue weighted by Gasteiger charge is 2.23. The number of ether oxygens (including phenoxy) is 1. The van der Waals surface area contributed by atoms with Crippen LogP contribution in [-0.2, 0) is 11.3 Å². The van der Waals surface area contributed by atoms with Gasteiger partial charge < -0.3 is 15.0 Å². The van der Waals surface area contributed by atoms with Crippen LogP contribution in [-0.4, -0.2) is 35.2 Å². The zero-order chi connectivity index (χ0) is 16.8. The Morgan fingerprint density at radius 1 is 1.25 bits per heavy atom. The van der Waals surface area contributed by atoms with Crippen LogP contribution in [0.25, 0.3) is 0 Å². The maximum Gasteiger partial charge on any atom is 0.322 e. The summed E-state index contributed by atoms with van der Waals surface area (Å²) in [5.74, 6) is -0.332. The second kappa shape index (κ2) is 7.88. The summed E-state index contributed by atoms with van der Waals surface area (Å²) in [7, 11) is 0. The predicted molar refractivity (Wildman–Crippen MR) is 89.0 cm³/mol. The molecule has 1 N–H and O–H groups in total. The van der Waals surface area contributed by atoms with Crippen LogP contribution >= 0.6 is 0 Å². The molecule has 2 aromatic rings. The van der Waals surface area contributed by atoms with Gasteiger partial charge in [-0.2, -0.15) is 0 Å². The summed E-state index contributed by atoms with van der Waals surface area (Å²) >= 11 is 0. The first-order valence-electron chi connectivity index (χ1n) is 8.03. The van der Waals surface area contributed by atoms with Crippen LogP contribution < -0.4 is 5.32 Å². The average Bonchev–Trinajstić information content (AvgIpc) is 3.10. The van der Waals surface area contributed by atoms with E-state index in [-0.39, 0.29) is 18.0 Å². The van der Waals surface area contributed by atoms with E-state index in [1.165, 1.54) is 12.1 Å². The molecule has 24 heavy (non-hydrogen) atoms. The third-order valence-corrected chi connectivity index (χ3v) is 3.95. The van der Waals surface area contributed by atoms with Crippen LogP contribution in [0, 0.1) is 5.82 Å². The number of amides is 2. The third-order valence-electron chi connectivity index (χ3n) is 3.95. The van der Waals surface area contributed by atoms with Crippen molar-refractivity contribution < 1.29 is 13.9 Å². The first kappa shape index (κ1) is 16.4. The molecule has 1 aliphatic rings. The maximum atomic E-state index is 13.0. The lowest BCUT2D eigenvalue weighted by atomic mass is 10.2. The molecule has 1 aromatic carbocycles. The topological polar surface area (TPSA) is 54.5 Å². The van der Waals surface area contributed by atoms with Crippen LogP contribution in [0.15, 0.2) is 48.8 Å². The summed E-state index contributed by atoms with van der Waals surface area (Å²) in [5, 5.41) is 2.81. The van der Waals surface area contributed by atoms with Crippen LogP contribution in [0.4, 0.5) is 14.9 Å². The SMILES string of the molecule is O=C(Nc1ccc(F)cc1)N(Cc1ccncc1)C[C@@H]1CCCO1. The second-order valence-electron chi connectivity index (χ2n) is 5.81. The smallest absolute Gasteiger partial charge is 0.322 e. The molecule has 1 atom stereocenters. The van der Waals surface area contributed by atoms with Crippen molar-refractivity contribution in [3.05, 3.63) is 60.2 Å². The van der Waals surface area contributed by atoms with Gasteiger partial charge in [-0.25, -0.2) is 9.18 Å². The number of benzene rings is 1. The Hall–Kier alpha value is -2.47. The molecule has 0 spiro atoms. The van der Waals surface area contributed by atoms with E-state index in [9.17, 15) is 9.18 Å². The van der Waals surface area contributed by atoms with E-state index in [1.54, 1.807) is 29.4 Å². The molecule has 1 fully saturated rings. The molecule has 1 aliphatic heterocycles. The minimum atomic E-state index is -0.332. The van der Waals surface area contributed by atoms with Crippen LogP contribution in [0.1, 0.15) is 18.4 Å². The lowest BCUT2D eigenvalue weighted by Gasteiger charge is -2.26. The highest BCUT2D eigenvalue weighted by Crippen LogP contribution is 2.17. The van der Waals surface area contributed by atoms with Gasteiger partial charge in [0.25, 0.3) is 0 Å². The van der Waals surface area contributed by atoms with Crippen molar-refractivity contribution in [2.75, 3.05) is 18.5 Å². The summed E-state index contributed by atoms with van der Waals surface area (Å²) in [6, 6.07) is 9.27. The minimum absolute atomic E-state index is 0.0609. The van der Waals surface area contributed by atoms with Gasteiger partial charge in [-0.3, -0.25) is 4.98 Å². The van der Waals surface area contributed by atoms with E-state index >= 15 is 0 Å². The summed E-state index contributed by atoms with van der Waals surface area (Å²) in [5.41, 5.74) is 1.56. The number of carbonyl (C=O) groups is 1. The summed E-state index contributed by atoms with van der Waals surface area (Å²) in [6.07, 6.45) is 5.45. The Morgan fingerprint density at radius 2 is 2.00 bits per heavy atom. The van der Waals surface area contributed by atoms with E-state index in [0.29, 0.717) is 18.8 Å². The number of pyridine rings is 1. The molecule has 0 saturated carbocycles. The zero-order valence-electron chi connectivity index (χ0n) is 13.3. The van der Waals surface area contributed by atoms with E-state index in [2.05, 4.69) is 10.3 Å². The van der Waals surface area contributed by atoms with Crippen molar-refractivity contribution in [3.63, 3.8) is 0 Å².